The van der Waals surface area contributed by atoms with Gasteiger partial charge in [0, 0.05) is 19.8 Å². The standard InChI is InChI=1S/C24H43NO2.ClH/c1-4-5-6-7-8-9-10-11-12-13-17-20-25(22-24(26-2)27-3)21-23-18-15-14-16-19-23;/h14-16,18-19,24H,4-13,17,20-22H2,1-3H3;1H. The lowest BCUT2D eigenvalue weighted by atomic mass is 10.1. The molecule has 0 saturated heterocycles. The molecule has 0 amide bonds. The highest BCUT2D eigenvalue weighted by Gasteiger charge is 2.16. The summed E-state index contributed by atoms with van der Waals surface area (Å²) in [5.41, 5.74) is 1.39. The molecule has 0 aromatic heterocycles. The average molecular weight is 414 g/mol. The van der Waals surface area contributed by atoms with Crippen LogP contribution in [0.3, 0.4) is 0 Å². The van der Waals surface area contributed by atoms with Gasteiger partial charge in [-0.3, -0.25) is 0 Å². The minimum atomic E-state index is -0.114. The second-order valence-corrected chi connectivity index (χ2v) is 7.80. The number of quaternary nitrogens is 1. The molecule has 1 N–H and O–H groups in total. The summed E-state index contributed by atoms with van der Waals surface area (Å²) in [6.45, 7) is 5.42. The van der Waals surface area contributed by atoms with Gasteiger partial charge in [0.1, 0.15) is 13.1 Å². The molecule has 0 fully saturated rings. The van der Waals surface area contributed by atoms with Crippen LogP contribution in [-0.2, 0) is 16.0 Å². The van der Waals surface area contributed by atoms with Crippen LogP contribution in [0, 0.1) is 0 Å². The zero-order chi connectivity index (χ0) is 19.6. The van der Waals surface area contributed by atoms with Crippen LogP contribution in [0.15, 0.2) is 30.3 Å². The summed E-state index contributed by atoms with van der Waals surface area (Å²) in [7, 11) is 3.47. The number of hydrogen-bond acceptors (Lipinski definition) is 2. The van der Waals surface area contributed by atoms with Gasteiger partial charge in [0.05, 0.1) is 6.54 Å². The normalized spacial score (nSPS) is 12.1. The predicted molar refractivity (Wildman–Crippen MR) is 115 cm³/mol. The van der Waals surface area contributed by atoms with Gasteiger partial charge < -0.3 is 26.8 Å². The van der Waals surface area contributed by atoms with Crippen molar-refractivity contribution >= 4 is 0 Å². The van der Waals surface area contributed by atoms with Gasteiger partial charge in [0.2, 0.25) is 6.29 Å². The Labute approximate surface area is 180 Å². The summed E-state index contributed by atoms with van der Waals surface area (Å²) in [6.07, 6.45) is 15.2. The molecule has 0 saturated carbocycles. The second-order valence-electron chi connectivity index (χ2n) is 7.80. The molecule has 1 atom stereocenters. The number of rotatable bonds is 18. The van der Waals surface area contributed by atoms with Gasteiger partial charge in [0.15, 0.2) is 0 Å². The molecule has 1 unspecified atom stereocenters. The Morgan fingerprint density at radius 3 is 1.75 bits per heavy atom. The van der Waals surface area contributed by atoms with E-state index in [2.05, 4.69) is 37.3 Å². The predicted octanol–water partition coefficient (Wildman–Crippen LogP) is 2.01. The van der Waals surface area contributed by atoms with Crippen LogP contribution in [0.2, 0.25) is 0 Å². The molecule has 0 aliphatic rings. The number of hydrogen-bond donors (Lipinski definition) is 1. The van der Waals surface area contributed by atoms with E-state index in [1.54, 1.807) is 19.1 Å². The first kappa shape index (κ1) is 27.4. The Morgan fingerprint density at radius 1 is 0.750 bits per heavy atom. The van der Waals surface area contributed by atoms with Crippen LogP contribution < -0.4 is 17.3 Å². The molecule has 4 heteroatoms. The van der Waals surface area contributed by atoms with Gasteiger partial charge in [0.25, 0.3) is 0 Å². The zero-order valence-corrected chi connectivity index (χ0v) is 19.3. The number of ether oxygens (including phenoxy) is 2. The number of nitrogens with one attached hydrogen (secondary N) is 1. The van der Waals surface area contributed by atoms with Crippen molar-refractivity contribution in [2.45, 2.75) is 90.4 Å². The van der Waals surface area contributed by atoms with E-state index in [-0.39, 0.29) is 18.7 Å². The third-order valence-electron chi connectivity index (χ3n) is 5.41. The lowest BCUT2D eigenvalue weighted by Crippen LogP contribution is -3.12. The topological polar surface area (TPSA) is 22.9 Å². The molecule has 1 aromatic rings. The third kappa shape index (κ3) is 14.4. The monoisotopic (exact) mass is 413 g/mol. The smallest absolute Gasteiger partial charge is 0.207 e. The maximum Gasteiger partial charge on any atom is 0.207 e. The van der Waals surface area contributed by atoms with Crippen molar-refractivity contribution in [2.24, 2.45) is 0 Å². The Balaban J connectivity index is 0.00000729. The SMILES string of the molecule is CCCCCCCCCCCCC[NH+](Cc1ccccc1)CC(OC)OC.[Cl-]. The Kier molecular flexibility index (Phi) is 19.3. The lowest BCUT2D eigenvalue weighted by molar-refractivity contribution is -0.919. The summed E-state index contributed by atoms with van der Waals surface area (Å²) >= 11 is 0. The summed E-state index contributed by atoms with van der Waals surface area (Å²) in [5.74, 6) is 0. The molecule has 0 radical (unpaired) electrons. The molecule has 0 bridgehead atoms. The van der Waals surface area contributed by atoms with E-state index in [1.807, 2.05) is 0 Å². The van der Waals surface area contributed by atoms with E-state index in [0.29, 0.717) is 0 Å². The highest BCUT2D eigenvalue weighted by molar-refractivity contribution is 5.13. The first-order valence-corrected chi connectivity index (χ1v) is 11.2. The number of unbranched alkanes of at least 4 members (excludes halogenated alkanes) is 10. The molecule has 3 nitrogen and oxygen atoms in total. The van der Waals surface area contributed by atoms with Crippen molar-refractivity contribution in [3.05, 3.63) is 35.9 Å². The number of benzene rings is 1. The van der Waals surface area contributed by atoms with Crippen LogP contribution in [0.25, 0.3) is 0 Å². The Bertz CT molecular complexity index is 426. The van der Waals surface area contributed by atoms with Gasteiger partial charge >= 0.3 is 0 Å². The molecule has 0 aliphatic heterocycles. The fourth-order valence-corrected chi connectivity index (χ4v) is 3.68. The van der Waals surface area contributed by atoms with Crippen molar-refractivity contribution in [1.82, 2.24) is 0 Å². The van der Waals surface area contributed by atoms with Crippen LogP contribution in [0.4, 0.5) is 0 Å². The van der Waals surface area contributed by atoms with Crippen LogP contribution in [0.1, 0.15) is 83.1 Å². The maximum absolute atomic E-state index is 5.43. The fourth-order valence-electron chi connectivity index (χ4n) is 3.68. The lowest BCUT2D eigenvalue weighted by Gasteiger charge is -2.23. The molecular weight excluding hydrogens is 370 g/mol. The molecule has 0 heterocycles. The van der Waals surface area contributed by atoms with E-state index in [9.17, 15) is 0 Å². The largest absolute Gasteiger partial charge is 1.00 e. The maximum atomic E-state index is 5.43. The van der Waals surface area contributed by atoms with Crippen molar-refractivity contribution in [3.63, 3.8) is 0 Å². The van der Waals surface area contributed by atoms with Crippen molar-refractivity contribution in [3.8, 4) is 0 Å². The number of methoxy groups -OCH3 is 2. The molecular formula is C24H44ClNO2. The van der Waals surface area contributed by atoms with Crippen molar-refractivity contribution in [2.75, 3.05) is 27.3 Å². The number of halogens is 1. The van der Waals surface area contributed by atoms with Crippen LogP contribution >= 0.6 is 0 Å². The third-order valence-corrected chi connectivity index (χ3v) is 5.41. The average Bonchev–Trinajstić information content (AvgIpc) is 2.70. The van der Waals surface area contributed by atoms with Gasteiger partial charge in [-0.1, -0.05) is 95.0 Å². The van der Waals surface area contributed by atoms with Gasteiger partial charge in [-0.05, 0) is 12.8 Å². The minimum absolute atomic E-state index is 0. The molecule has 1 rings (SSSR count). The highest BCUT2D eigenvalue weighted by atomic mass is 35.5. The van der Waals surface area contributed by atoms with Gasteiger partial charge in [-0.15, -0.1) is 0 Å². The highest BCUT2D eigenvalue weighted by Crippen LogP contribution is 2.11. The van der Waals surface area contributed by atoms with Gasteiger partial charge in [-0.25, -0.2) is 0 Å². The quantitative estimate of drug-likeness (QED) is 0.294. The first-order chi connectivity index (χ1) is 13.3. The summed E-state index contributed by atoms with van der Waals surface area (Å²) in [4.78, 5) is 1.55. The van der Waals surface area contributed by atoms with E-state index < -0.39 is 0 Å². The van der Waals surface area contributed by atoms with Crippen molar-refractivity contribution in [1.29, 1.82) is 0 Å². The first-order valence-electron chi connectivity index (χ1n) is 11.2. The fraction of sp³-hybridized carbons (Fsp3) is 0.750. The summed E-state index contributed by atoms with van der Waals surface area (Å²) in [5, 5.41) is 0. The van der Waals surface area contributed by atoms with E-state index >= 15 is 0 Å². The molecule has 1 aromatic carbocycles. The minimum Gasteiger partial charge on any atom is -1.00 e. The van der Waals surface area contributed by atoms with Crippen molar-refractivity contribution < 1.29 is 26.8 Å². The summed E-state index contributed by atoms with van der Waals surface area (Å²) < 4.78 is 10.9. The van der Waals surface area contributed by atoms with Crippen LogP contribution in [0.5, 0.6) is 0 Å². The van der Waals surface area contributed by atoms with E-state index in [0.717, 1.165) is 13.1 Å². The molecule has 0 aliphatic carbocycles. The summed E-state index contributed by atoms with van der Waals surface area (Å²) in [6, 6.07) is 10.8. The van der Waals surface area contributed by atoms with Crippen LogP contribution in [-0.4, -0.2) is 33.6 Å². The second kappa shape index (κ2) is 19.7. The van der Waals surface area contributed by atoms with E-state index in [1.165, 1.54) is 82.7 Å². The zero-order valence-electron chi connectivity index (χ0n) is 18.6. The Morgan fingerprint density at radius 2 is 1.25 bits per heavy atom. The van der Waals surface area contributed by atoms with E-state index in [4.69, 9.17) is 9.47 Å². The van der Waals surface area contributed by atoms with Gasteiger partial charge in [-0.2, -0.15) is 0 Å². The molecule has 164 valence electrons. The molecule has 28 heavy (non-hydrogen) atoms. The molecule has 0 spiro atoms. The Hall–Kier alpha value is -0.610.